The summed E-state index contributed by atoms with van der Waals surface area (Å²) in [6.07, 6.45) is 7.27. The van der Waals surface area contributed by atoms with Crippen LogP contribution in [0.4, 0.5) is 0 Å². The van der Waals surface area contributed by atoms with E-state index in [0.717, 1.165) is 6.42 Å². The number of nitrogens with two attached hydrogens (primary N) is 1. The Kier molecular flexibility index (Phi) is 2.79. The largest absolute Gasteiger partial charge is 0.438 e. The first-order chi connectivity index (χ1) is 10.2. The van der Waals surface area contributed by atoms with Crippen molar-refractivity contribution < 1.29 is 9.21 Å². The van der Waals surface area contributed by atoms with Gasteiger partial charge in [-0.25, -0.2) is 4.98 Å². The van der Waals surface area contributed by atoms with E-state index in [9.17, 15) is 4.79 Å². The maximum absolute atomic E-state index is 11.5. The number of hydrogen-bond donors (Lipinski definition) is 2. The van der Waals surface area contributed by atoms with Crippen molar-refractivity contribution in [2.24, 2.45) is 5.73 Å². The monoisotopic (exact) mass is 285 g/mol. The fourth-order valence-electron chi connectivity index (χ4n) is 3.65. The molecule has 1 saturated heterocycles. The summed E-state index contributed by atoms with van der Waals surface area (Å²) in [4.78, 5) is 16.0. The molecule has 21 heavy (non-hydrogen) atoms. The summed E-state index contributed by atoms with van der Waals surface area (Å²) in [6, 6.07) is 5.47. The third-order valence-corrected chi connectivity index (χ3v) is 4.93. The van der Waals surface area contributed by atoms with Crippen molar-refractivity contribution in [2.45, 2.75) is 50.1 Å². The molecule has 1 atom stereocenters. The minimum Gasteiger partial charge on any atom is -0.438 e. The quantitative estimate of drug-likeness (QED) is 0.888. The molecule has 5 heteroatoms. The van der Waals surface area contributed by atoms with Gasteiger partial charge in [-0.2, -0.15) is 0 Å². The van der Waals surface area contributed by atoms with Crippen molar-refractivity contribution in [2.75, 3.05) is 0 Å². The number of amides is 1. The van der Waals surface area contributed by atoms with Gasteiger partial charge in [-0.1, -0.05) is 6.07 Å². The molecule has 0 radical (unpaired) electrons. The summed E-state index contributed by atoms with van der Waals surface area (Å²) < 4.78 is 5.89. The van der Waals surface area contributed by atoms with Gasteiger partial charge in [0.05, 0.1) is 11.6 Å². The maximum Gasteiger partial charge on any atom is 0.252 e. The van der Waals surface area contributed by atoms with E-state index in [1.807, 2.05) is 6.07 Å². The molecule has 2 aromatic rings. The molecule has 1 aliphatic heterocycles. The molecule has 1 unspecified atom stereocenters. The second kappa shape index (κ2) is 4.56. The molecular formula is C16H19N3O2. The number of carbonyl (C=O) groups excluding carboxylic acids is 1. The normalized spacial score (nSPS) is 24.1. The number of piperidine rings is 1. The van der Waals surface area contributed by atoms with Crippen LogP contribution in [0.15, 0.2) is 22.6 Å². The molecule has 2 fully saturated rings. The predicted octanol–water partition coefficient (Wildman–Crippen LogP) is 2.66. The van der Waals surface area contributed by atoms with Crippen molar-refractivity contribution in [1.82, 2.24) is 10.3 Å². The highest BCUT2D eigenvalue weighted by Crippen LogP contribution is 2.43. The van der Waals surface area contributed by atoms with E-state index in [0.29, 0.717) is 28.1 Å². The number of benzene rings is 1. The number of fused-ring (bicyclic) bond motifs is 1. The van der Waals surface area contributed by atoms with Gasteiger partial charge in [-0.3, -0.25) is 4.79 Å². The van der Waals surface area contributed by atoms with Gasteiger partial charge < -0.3 is 15.5 Å². The predicted molar refractivity (Wildman–Crippen MR) is 78.8 cm³/mol. The number of para-hydroxylation sites is 1. The van der Waals surface area contributed by atoms with E-state index in [1.165, 1.54) is 32.1 Å². The number of primary amides is 1. The molecule has 1 amide bonds. The molecular weight excluding hydrogens is 266 g/mol. The van der Waals surface area contributed by atoms with Crippen LogP contribution in [0.1, 0.15) is 60.8 Å². The average molecular weight is 285 g/mol. The first-order valence-corrected chi connectivity index (χ1v) is 7.64. The zero-order chi connectivity index (χ0) is 14.4. The molecule has 1 spiro atoms. The summed E-state index contributed by atoms with van der Waals surface area (Å²) in [5.41, 5.74) is 7.32. The van der Waals surface area contributed by atoms with Gasteiger partial charge >= 0.3 is 0 Å². The van der Waals surface area contributed by atoms with Gasteiger partial charge in [0.1, 0.15) is 5.52 Å². The first-order valence-electron chi connectivity index (χ1n) is 7.64. The lowest BCUT2D eigenvalue weighted by Gasteiger charge is -2.48. The van der Waals surface area contributed by atoms with Gasteiger partial charge in [-0.05, 0) is 50.7 Å². The number of oxazole rings is 1. The molecule has 5 nitrogen and oxygen atoms in total. The zero-order valence-electron chi connectivity index (χ0n) is 11.9. The van der Waals surface area contributed by atoms with E-state index >= 15 is 0 Å². The number of rotatable bonds is 2. The van der Waals surface area contributed by atoms with Crippen LogP contribution in [0.25, 0.3) is 11.1 Å². The molecule has 1 aromatic carbocycles. The Hall–Kier alpha value is -1.88. The van der Waals surface area contributed by atoms with Crippen molar-refractivity contribution in [1.29, 1.82) is 0 Å². The van der Waals surface area contributed by atoms with E-state index in [1.54, 1.807) is 12.1 Å². The van der Waals surface area contributed by atoms with Crippen LogP contribution in [-0.4, -0.2) is 16.4 Å². The van der Waals surface area contributed by atoms with Gasteiger partial charge in [0, 0.05) is 5.54 Å². The summed E-state index contributed by atoms with van der Waals surface area (Å²) in [5, 5.41) is 3.72. The van der Waals surface area contributed by atoms with Crippen molar-refractivity contribution in [3.8, 4) is 0 Å². The second-order valence-corrected chi connectivity index (χ2v) is 6.29. The lowest BCUT2D eigenvalue weighted by atomic mass is 9.70. The minimum atomic E-state index is -0.477. The van der Waals surface area contributed by atoms with Crippen molar-refractivity contribution in [3.63, 3.8) is 0 Å². The van der Waals surface area contributed by atoms with Crippen molar-refractivity contribution >= 4 is 17.0 Å². The Morgan fingerprint density at radius 2 is 2.14 bits per heavy atom. The third kappa shape index (κ3) is 2.03. The summed E-state index contributed by atoms with van der Waals surface area (Å²) in [6.45, 7) is 0. The molecule has 2 heterocycles. The fraction of sp³-hybridized carbons (Fsp3) is 0.500. The zero-order valence-corrected chi connectivity index (χ0v) is 11.9. The average Bonchev–Trinajstić information content (AvgIpc) is 2.89. The van der Waals surface area contributed by atoms with E-state index < -0.39 is 5.91 Å². The van der Waals surface area contributed by atoms with E-state index in [-0.39, 0.29) is 6.04 Å². The van der Waals surface area contributed by atoms with E-state index in [2.05, 4.69) is 10.3 Å². The summed E-state index contributed by atoms with van der Waals surface area (Å²) in [7, 11) is 0. The number of aromatic nitrogens is 1. The first kappa shape index (κ1) is 12.8. The van der Waals surface area contributed by atoms with Crippen LogP contribution in [-0.2, 0) is 0 Å². The SMILES string of the molecule is NC(=O)c1cccc2nc(C3CCCC4(CCC4)N3)oc12. The molecule has 1 saturated carbocycles. The Morgan fingerprint density at radius 3 is 2.86 bits per heavy atom. The van der Waals surface area contributed by atoms with Gasteiger partial charge in [0.15, 0.2) is 5.58 Å². The van der Waals surface area contributed by atoms with Crippen LogP contribution in [0.3, 0.4) is 0 Å². The van der Waals surface area contributed by atoms with Crippen LogP contribution >= 0.6 is 0 Å². The standard InChI is InChI=1S/C16H19N3O2/c17-14(20)10-4-1-5-11-13(10)21-15(18-11)12-6-2-7-16(19-12)8-3-9-16/h1,4-5,12,19H,2-3,6-9H2,(H2,17,20). The van der Waals surface area contributed by atoms with Crippen LogP contribution in [0, 0.1) is 0 Å². The highest BCUT2D eigenvalue weighted by molar-refractivity contribution is 6.03. The maximum atomic E-state index is 11.5. The van der Waals surface area contributed by atoms with Crippen LogP contribution in [0.5, 0.6) is 0 Å². The summed E-state index contributed by atoms with van der Waals surface area (Å²) >= 11 is 0. The van der Waals surface area contributed by atoms with Gasteiger partial charge in [0.2, 0.25) is 5.89 Å². The Labute approximate surface area is 122 Å². The third-order valence-electron chi connectivity index (χ3n) is 4.93. The fourth-order valence-corrected chi connectivity index (χ4v) is 3.65. The number of nitrogens with zero attached hydrogens (tertiary/aromatic N) is 1. The number of carbonyl (C=O) groups is 1. The van der Waals surface area contributed by atoms with Gasteiger partial charge in [0.25, 0.3) is 5.91 Å². The molecule has 2 aliphatic rings. The van der Waals surface area contributed by atoms with Crippen LogP contribution in [0.2, 0.25) is 0 Å². The Balaban J connectivity index is 1.70. The lowest BCUT2D eigenvalue weighted by Crippen LogP contribution is -2.54. The van der Waals surface area contributed by atoms with E-state index in [4.69, 9.17) is 10.2 Å². The number of nitrogens with one attached hydrogen (secondary N) is 1. The van der Waals surface area contributed by atoms with Gasteiger partial charge in [-0.15, -0.1) is 0 Å². The summed E-state index contributed by atoms with van der Waals surface area (Å²) in [5.74, 6) is 0.208. The van der Waals surface area contributed by atoms with Crippen molar-refractivity contribution in [3.05, 3.63) is 29.7 Å². The highest BCUT2D eigenvalue weighted by atomic mass is 16.4. The Morgan fingerprint density at radius 1 is 1.33 bits per heavy atom. The topological polar surface area (TPSA) is 81.2 Å². The molecule has 110 valence electrons. The number of hydrogen-bond acceptors (Lipinski definition) is 4. The minimum absolute atomic E-state index is 0.146. The Bertz CT molecular complexity index is 703. The lowest BCUT2D eigenvalue weighted by molar-refractivity contribution is 0.0997. The molecule has 4 rings (SSSR count). The molecule has 1 aromatic heterocycles. The molecule has 0 bridgehead atoms. The van der Waals surface area contributed by atoms with Crippen LogP contribution < -0.4 is 11.1 Å². The molecule has 3 N–H and O–H groups in total. The highest BCUT2D eigenvalue weighted by Gasteiger charge is 2.42. The second-order valence-electron chi connectivity index (χ2n) is 6.29. The molecule has 1 aliphatic carbocycles. The smallest absolute Gasteiger partial charge is 0.252 e.